The minimum absolute atomic E-state index is 0.00160. The summed E-state index contributed by atoms with van der Waals surface area (Å²) in [4.78, 5) is 54.0. The van der Waals surface area contributed by atoms with E-state index in [0.29, 0.717) is 16.9 Å². The fourth-order valence-electron chi connectivity index (χ4n) is 6.64. The quantitative estimate of drug-likeness (QED) is 0.114. The Hall–Kier alpha value is -4.95. The van der Waals surface area contributed by atoms with Gasteiger partial charge in [-0.15, -0.1) is 11.8 Å². The van der Waals surface area contributed by atoms with Crippen LogP contribution in [0.25, 0.3) is 0 Å². The van der Waals surface area contributed by atoms with Crippen molar-refractivity contribution < 1.29 is 48.1 Å². The molecule has 1 spiro atoms. The van der Waals surface area contributed by atoms with E-state index in [-0.39, 0.29) is 70.7 Å². The molecule has 1 heterocycles. The average Bonchev–Trinajstić information content (AvgIpc) is 3.44. The van der Waals surface area contributed by atoms with Crippen molar-refractivity contribution in [2.24, 2.45) is 5.92 Å². The molecule has 1 aliphatic carbocycles. The van der Waals surface area contributed by atoms with E-state index in [4.69, 9.17) is 35.3 Å². The van der Waals surface area contributed by atoms with Gasteiger partial charge in [0, 0.05) is 53.3 Å². The number of nitro groups is 1. The molecule has 3 aromatic carbocycles. The second-order valence-electron chi connectivity index (χ2n) is 12.0. The number of hydrogen-bond donors (Lipinski definition) is 2. The van der Waals surface area contributed by atoms with E-state index in [1.165, 1.54) is 58.4 Å². The number of ketones is 2. The first-order chi connectivity index (χ1) is 24.4. The zero-order valence-corrected chi connectivity index (χ0v) is 30.4. The number of halogens is 1. The lowest BCUT2D eigenvalue weighted by Gasteiger charge is -2.38. The van der Waals surface area contributed by atoms with E-state index in [9.17, 15) is 29.6 Å². The Bertz CT molecular complexity index is 1930. The Morgan fingerprint density at radius 2 is 1.69 bits per heavy atom. The van der Waals surface area contributed by atoms with Crippen molar-refractivity contribution in [2.45, 2.75) is 42.6 Å². The van der Waals surface area contributed by atoms with Crippen molar-refractivity contribution >= 4 is 46.5 Å². The molecule has 1 aliphatic heterocycles. The number of hydrogen-bond acceptors (Lipinski definition) is 12. The van der Waals surface area contributed by atoms with Crippen LogP contribution in [0.1, 0.15) is 47.2 Å². The molecule has 270 valence electrons. The molecule has 0 aromatic heterocycles. The molecule has 1 amide bonds. The van der Waals surface area contributed by atoms with Crippen molar-refractivity contribution in [2.75, 3.05) is 41.2 Å². The third kappa shape index (κ3) is 6.65. The number of thioether (sulfide) groups is 1. The van der Waals surface area contributed by atoms with Crippen LogP contribution in [0.2, 0.25) is 5.02 Å². The Labute approximate surface area is 303 Å². The lowest BCUT2D eigenvalue weighted by molar-refractivity contribution is -0.385. The smallest absolute Gasteiger partial charge is 0.276 e. The second-order valence-corrected chi connectivity index (χ2v) is 13.2. The molecule has 0 bridgehead atoms. The third-order valence-electron chi connectivity index (χ3n) is 9.27. The van der Waals surface area contributed by atoms with E-state index in [0.717, 1.165) is 4.90 Å². The Morgan fingerprint density at radius 3 is 2.27 bits per heavy atom. The number of benzene rings is 3. The number of aliphatic hydroxyl groups is 1. The summed E-state index contributed by atoms with van der Waals surface area (Å²) in [6.07, 6.45) is 1.50. The van der Waals surface area contributed by atoms with Crippen LogP contribution in [0.15, 0.2) is 58.7 Å². The number of rotatable bonds is 13. The van der Waals surface area contributed by atoms with E-state index in [1.807, 2.05) is 18.4 Å². The highest BCUT2D eigenvalue weighted by molar-refractivity contribution is 7.98. The van der Waals surface area contributed by atoms with Crippen LogP contribution < -0.4 is 29.0 Å². The fourth-order valence-corrected chi connectivity index (χ4v) is 7.31. The van der Waals surface area contributed by atoms with Gasteiger partial charge in [-0.1, -0.05) is 30.7 Å². The number of aliphatic hydroxyl groups excluding tert-OH is 1. The van der Waals surface area contributed by atoms with Crippen molar-refractivity contribution in [1.29, 1.82) is 0 Å². The van der Waals surface area contributed by atoms with Gasteiger partial charge in [0.15, 0.2) is 28.8 Å². The molecular weight excluding hydrogens is 704 g/mol. The lowest BCUT2D eigenvalue weighted by atomic mass is 9.69. The molecule has 0 radical (unpaired) electrons. The number of nitro benzene ring substituents is 1. The Balaban J connectivity index is 1.52. The number of carbonyl (C=O) groups excluding carboxylic acids is 3. The summed E-state index contributed by atoms with van der Waals surface area (Å²) in [5.74, 6) is -3.31. The predicted octanol–water partition coefficient (Wildman–Crippen LogP) is 6.27. The van der Waals surface area contributed by atoms with Gasteiger partial charge in [-0.05, 0) is 36.4 Å². The maximum atomic E-state index is 14.3. The summed E-state index contributed by atoms with van der Waals surface area (Å²) in [6, 6.07) is 11.4. The first kappa shape index (κ1) is 37.3. The summed E-state index contributed by atoms with van der Waals surface area (Å²) in [7, 11) is 5.54. The van der Waals surface area contributed by atoms with Gasteiger partial charge in [-0.25, -0.2) is 0 Å². The van der Waals surface area contributed by atoms with Crippen LogP contribution in [0.3, 0.4) is 0 Å². The molecule has 0 saturated heterocycles. The van der Waals surface area contributed by atoms with Gasteiger partial charge in [-0.2, -0.15) is 0 Å². The summed E-state index contributed by atoms with van der Waals surface area (Å²) < 4.78 is 27.6. The first-order valence-corrected chi connectivity index (χ1v) is 17.4. The highest BCUT2D eigenvalue weighted by Gasteiger charge is 2.61. The number of ether oxygens (including phenoxy) is 5. The van der Waals surface area contributed by atoms with Crippen LogP contribution in [0, 0.1) is 16.0 Å². The van der Waals surface area contributed by atoms with Crippen molar-refractivity contribution in [1.82, 2.24) is 5.32 Å². The molecule has 13 nitrogen and oxygen atoms in total. The van der Waals surface area contributed by atoms with Gasteiger partial charge in [0.1, 0.15) is 22.1 Å². The molecular formula is C36H37ClN2O11S. The predicted molar refractivity (Wildman–Crippen MR) is 189 cm³/mol. The normalized spacial score (nSPS) is 18.6. The van der Waals surface area contributed by atoms with Crippen molar-refractivity contribution in [3.63, 3.8) is 0 Å². The van der Waals surface area contributed by atoms with Crippen molar-refractivity contribution in [3.05, 3.63) is 85.6 Å². The topological polar surface area (TPSA) is 173 Å². The largest absolute Gasteiger partial charge is 0.507 e. The summed E-state index contributed by atoms with van der Waals surface area (Å²) >= 11 is 8.09. The Kier molecular flexibility index (Phi) is 11.1. The highest BCUT2D eigenvalue weighted by atomic mass is 35.5. The number of allylic oxidation sites excluding steroid dienone is 1. The molecule has 3 aromatic rings. The van der Waals surface area contributed by atoms with Crippen LogP contribution in [-0.4, -0.2) is 74.3 Å². The molecule has 3 atom stereocenters. The molecule has 1 unspecified atom stereocenters. The van der Waals surface area contributed by atoms with Crippen molar-refractivity contribution in [3.8, 4) is 28.7 Å². The van der Waals surface area contributed by atoms with Gasteiger partial charge in [0.2, 0.25) is 17.3 Å². The number of fused-ring (bicyclic) bond motifs is 1. The zero-order valence-electron chi connectivity index (χ0n) is 28.8. The lowest BCUT2D eigenvalue weighted by Crippen LogP contribution is -2.53. The average molecular weight is 741 g/mol. The van der Waals surface area contributed by atoms with Crippen LogP contribution >= 0.6 is 23.4 Å². The number of methoxy groups -OCH3 is 4. The van der Waals surface area contributed by atoms with Gasteiger partial charge in [0.25, 0.3) is 5.69 Å². The summed E-state index contributed by atoms with van der Waals surface area (Å²) in [6.45, 7) is 1.62. The maximum Gasteiger partial charge on any atom is 0.276 e. The van der Waals surface area contributed by atoms with E-state index >= 15 is 0 Å². The van der Waals surface area contributed by atoms with E-state index in [1.54, 1.807) is 19.1 Å². The standard InChI is InChI=1S/C36H37ClN2O11S/c1-18-13-24(40)30(34(42)36(18)35(43)31-27(48-4)17-28(49-5)32(37)33(31)50-36)22(19-7-9-21(51-6)10-8-19)15-29(41)38-12-11-20-14-25(46-2)26(47-3)16-23(20)39(44)45/h7-10,14,16-18,22,42H,11-13,15H2,1-6H3,(H,38,41)/t18-,22?,36+/m1/s1. The molecule has 2 aliphatic rings. The first-order valence-electron chi connectivity index (χ1n) is 15.8. The van der Waals surface area contributed by atoms with Crippen LogP contribution in [-0.2, 0) is 16.0 Å². The number of carbonyl (C=O) groups is 3. The molecule has 0 fully saturated rings. The van der Waals surface area contributed by atoms with Crippen LogP contribution in [0.5, 0.6) is 28.7 Å². The highest BCUT2D eigenvalue weighted by Crippen LogP contribution is 2.55. The fraction of sp³-hybridized carbons (Fsp3) is 0.361. The number of Topliss-reactive ketones (excluding diaryl/α,β-unsaturated/α-hetero) is 2. The SMILES string of the molecule is COc1cc(CCNC(=O)CC(C2=C(O)[C@@]3(Oc4c(Cl)c(OC)cc(OC)c4C3=O)[C@H](C)CC2=O)c2ccc(SC)cc2)c([N+](=O)[O-])cc1OC. The van der Waals surface area contributed by atoms with Gasteiger partial charge < -0.3 is 34.1 Å². The maximum absolute atomic E-state index is 14.3. The Morgan fingerprint density at radius 1 is 1.06 bits per heavy atom. The van der Waals surface area contributed by atoms with Gasteiger partial charge >= 0.3 is 0 Å². The molecule has 2 N–H and O–H groups in total. The number of amides is 1. The molecule has 0 saturated carbocycles. The zero-order chi connectivity index (χ0) is 37.2. The van der Waals surface area contributed by atoms with E-state index in [2.05, 4.69) is 5.32 Å². The summed E-state index contributed by atoms with van der Waals surface area (Å²) in [5.41, 5.74) is -1.53. The van der Waals surface area contributed by atoms with Gasteiger partial charge in [-0.3, -0.25) is 24.5 Å². The van der Waals surface area contributed by atoms with Crippen LogP contribution in [0.4, 0.5) is 5.69 Å². The minimum Gasteiger partial charge on any atom is -0.507 e. The minimum atomic E-state index is -2.03. The molecule has 5 rings (SSSR count). The number of nitrogens with zero attached hydrogens (tertiary/aromatic N) is 1. The summed E-state index contributed by atoms with van der Waals surface area (Å²) in [5, 5.41) is 26.7. The van der Waals surface area contributed by atoms with E-state index < -0.39 is 45.6 Å². The molecule has 51 heavy (non-hydrogen) atoms. The number of nitrogens with one attached hydrogen (secondary N) is 1. The monoisotopic (exact) mass is 740 g/mol. The third-order valence-corrected chi connectivity index (χ3v) is 10.4. The van der Waals surface area contributed by atoms with Gasteiger partial charge in [0.05, 0.1) is 39.4 Å². The second kappa shape index (κ2) is 15.1. The molecule has 15 heteroatoms.